The van der Waals surface area contributed by atoms with Gasteiger partial charge in [-0.25, -0.2) is 13.1 Å². The Bertz CT molecular complexity index is 431. The van der Waals surface area contributed by atoms with E-state index in [1.807, 2.05) is 0 Å². The smallest absolute Gasteiger partial charge is 0.240 e. The first-order valence-electron chi connectivity index (χ1n) is 4.42. The lowest BCUT2D eigenvalue weighted by Gasteiger charge is -2.08. The summed E-state index contributed by atoms with van der Waals surface area (Å²) in [5.41, 5.74) is 5.45. The topological polar surface area (TPSA) is 72.2 Å². The number of nitrogens with two attached hydrogens (primary N) is 1. The van der Waals surface area contributed by atoms with Gasteiger partial charge in [-0.1, -0.05) is 17.7 Å². The van der Waals surface area contributed by atoms with Gasteiger partial charge in [0.05, 0.1) is 4.90 Å². The summed E-state index contributed by atoms with van der Waals surface area (Å²) in [6, 6.07) is 5.86. The maximum absolute atomic E-state index is 11.7. The molecule has 84 valence electrons. The molecule has 0 bridgehead atoms. The Hall–Kier alpha value is -0.620. The predicted octanol–water partition coefficient (Wildman–Crippen LogP) is 0.966. The van der Waals surface area contributed by atoms with Gasteiger partial charge in [0, 0.05) is 17.6 Å². The summed E-state index contributed by atoms with van der Waals surface area (Å²) in [5.74, 6) is 0. The van der Waals surface area contributed by atoms with Crippen LogP contribution in [0.1, 0.15) is 6.92 Å². The molecule has 0 amide bonds. The largest absolute Gasteiger partial charge is 0.327 e. The van der Waals surface area contributed by atoms with E-state index < -0.39 is 10.0 Å². The van der Waals surface area contributed by atoms with Crippen LogP contribution < -0.4 is 10.5 Å². The summed E-state index contributed by atoms with van der Waals surface area (Å²) in [6.07, 6.45) is 0. The van der Waals surface area contributed by atoms with Crippen LogP contribution in [0.3, 0.4) is 0 Å². The molecule has 3 N–H and O–H groups in total. The molecule has 0 fully saturated rings. The van der Waals surface area contributed by atoms with Gasteiger partial charge >= 0.3 is 0 Å². The fraction of sp³-hybridized carbons (Fsp3) is 0.333. The van der Waals surface area contributed by atoms with Gasteiger partial charge in [0.15, 0.2) is 0 Å². The predicted molar refractivity (Wildman–Crippen MR) is 60.3 cm³/mol. The van der Waals surface area contributed by atoms with Gasteiger partial charge in [-0.3, -0.25) is 0 Å². The van der Waals surface area contributed by atoms with E-state index in [1.165, 1.54) is 12.1 Å². The van der Waals surface area contributed by atoms with Crippen LogP contribution in [0.5, 0.6) is 0 Å². The molecule has 0 saturated carbocycles. The summed E-state index contributed by atoms with van der Waals surface area (Å²) in [4.78, 5) is 0.149. The first kappa shape index (κ1) is 12.4. The zero-order chi connectivity index (χ0) is 11.5. The van der Waals surface area contributed by atoms with E-state index in [9.17, 15) is 8.42 Å². The fourth-order valence-corrected chi connectivity index (χ4v) is 2.40. The van der Waals surface area contributed by atoms with Crippen molar-refractivity contribution in [1.29, 1.82) is 0 Å². The minimum absolute atomic E-state index is 0.149. The van der Waals surface area contributed by atoms with Crippen molar-refractivity contribution < 1.29 is 8.42 Å². The third kappa shape index (κ3) is 3.79. The van der Waals surface area contributed by atoms with Gasteiger partial charge < -0.3 is 5.73 Å². The normalized spacial score (nSPS) is 13.8. The van der Waals surface area contributed by atoms with Gasteiger partial charge in [-0.15, -0.1) is 0 Å². The number of hydrogen-bond donors (Lipinski definition) is 2. The molecule has 0 aliphatic rings. The standard InChI is InChI=1S/C9H13ClN2O2S/c1-7(11)6-12-15(13,14)9-4-2-3-8(10)5-9/h2-5,7,12H,6,11H2,1H3. The van der Waals surface area contributed by atoms with Crippen LogP contribution in [-0.2, 0) is 10.0 Å². The highest BCUT2D eigenvalue weighted by Gasteiger charge is 2.13. The summed E-state index contributed by atoms with van der Waals surface area (Å²) in [5, 5.41) is 0.388. The molecule has 0 spiro atoms. The SMILES string of the molecule is CC(N)CNS(=O)(=O)c1cccc(Cl)c1. The van der Waals surface area contributed by atoms with Gasteiger partial charge in [0.1, 0.15) is 0 Å². The summed E-state index contributed by atoms with van der Waals surface area (Å²) in [7, 11) is -3.49. The zero-order valence-electron chi connectivity index (χ0n) is 8.27. The van der Waals surface area contributed by atoms with Crippen LogP contribution in [0.25, 0.3) is 0 Å². The number of rotatable bonds is 4. The number of benzene rings is 1. The first-order chi connectivity index (χ1) is 6.92. The van der Waals surface area contributed by atoms with Crippen molar-refractivity contribution in [3.63, 3.8) is 0 Å². The van der Waals surface area contributed by atoms with Crippen molar-refractivity contribution in [3.05, 3.63) is 29.3 Å². The van der Waals surface area contributed by atoms with Crippen molar-refractivity contribution in [2.45, 2.75) is 17.9 Å². The summed E-state index contributed by atoms with van der Waals surface area (Å²) >= 11 is 5.70. The van der Waals surface area contributed by atoms with E-state index in [2.05, 4.69) is 4.72 Å². The Morgan fingerprint density at radius 2 is 2.20 bits per heavy atom. The number of halogens is 1. The first-order valence-corrected chi connectivity index (χ1v) is 6.29. The van der Waals surface area contributed by atoms with E-state index in [0.29, 0.717) is 5.02 Å². The molecule has 1 aromatic carbocycles. The van der Waals surface area contributed by atoms with E-state index in [-0.39, 0.29) is 17.5 Å². The monoisotopic (exact) mass is 248 g/mol. The molecule has 0 aliphatic carbocycles. The molecule has 0 heterocycles. The molecule has 1 rings (SSSR count). The van der Waals surface area contributed by atoms with E-state index >= 15 is 0 Å². The Balaban J connectivity index is 2.87. The van der Waals surface area contributed by atoms with Crippen molar-refractivity contribution in [2.75, 3.05) is 6.54 Å². The third-order valence-electron chi connectivity index (χ3n) is 1.70. The fourth-order valence-electron chi connectivity index (χ4n) is 0.959. The van der Waals surface area contributed by atoms with E-state index in [4.69, 9.17) is 17.3 Å². The van der Waals surface area contributed by atoms with Crippen LogP contribution in [0.4, 0.5) is 0 Å². The van der Waals surface area contributed by atoms with Gasteiger partial charge in [-0.05, 0) is 25.1 Å². The van der Waals surface area contributed by atoms with E-state index in [0.717, 1.165) is 0 Å². The maximum Gasteiger partial charge on any atom is 0.240 e. The minimum atomic E-state index is -3.49. The molecule has 0 aromatic heterocycles. The minimum Gasteiger partial charge on any atom is -0.327 e. The lowest BCUT2D eigenvalue weighted by atomic mass is 10.4. The summed E-state index contributed by atoms with van der Waals surface area (Å²) < 4.78 is 25.7. The second kappa shape index (κ2) is 4.94. The van der Waals surface area contributed by atoms with Crippen LogP contribution in [0.15, 0.2) is 29.2 Å². The van der Waals surface area contributed by atoms with Crippen LogP contribution >= 0.6 is 11.6 Å². The van der Waals surface area contributed by atoms with Crippen molar-refractivity contribution in [1.82, 2.24) is 4.72 Å². The molecular formula is C9H13ClN2O2S. The maximum atomic E-state index is 11.7. The Kier molecular flexibility index (Phi) is 4.10. The molecule has 0 radical (unpaired) electrons. The highest BCUT2D eigenvalue weighted by molar-refractivity contribution is 7.89. The quantitative estimate of drug-likeness (QED) is 0.834. The molecule has 0 saturated heterocycles. The molecule has 1 atom stereocenters. The van der Waals surface area contributed by atoms with Crippen molar-refractivity contribution in [3.8, 4) is 0 Å². The highest BCUT2D eigenvalue weighted by Crippen LogP contribution is 2.14. The molecular weight excluding hydrogens is 236 g/mol. The van der Waals surface area contributed by atoms with Crippen LogP contribution in [0, 0.1) is 0 Å². The van der Waals surface area contributed by atoms with Gasteiger partial charge in [-0.2, -0.15) is 0 Å². The highest BCUT2D eigenvalue weighted by atomic mass is 35.5. The lowest BCUT2D eigenvalue weighted by Crippen LogP contribution is -2.35. The molecule has 6 heteroatoms. The van der Waals surface area contributed by atoms with Gasteiger partial charge in [0.2, 0.25) is 10.0 Å². The summed E-state index contributed by atoms with van der Waals surface area (Å²) in [6.45, 7) is 1.93. The molecule has 4 nitrogen and oxygen atoms in total. The van der Waals surface area contributed by atoms with Crippen LogP contribution in [0.2, 0.25) is 5.02 Å². The van der Waals surface area contributed by atoms with Crippen molar-refractivity contribution in [2.24, 2.45) is 5.73 Å². The van der Waals surface area contributed by atoms with Gasteiger partial charge in [0.25, 0.3) is 0 Å². The Morgan fingerprint density at radius 3 is 2.73 bits per heavy atom. The zero-order valence-corrected chi connectivity index (χ0v) is 9.85. The second-order valence-corrected chi connectivity index (χ2v) is 5.49. The average molecular weight is 249 g/mol. The number of sulfonamides is 1. The average Bonchev–Trinajstić information content (AvgIpc) is 2.15. The second-order valence-electron chi connectivity index (χ2n) is 3.29. The van der Waals surface area contributed by atoms with E-state index in [1.54, 1.807) is 19.1 Å². The molecule has 1 aromatic rings. The molecule has 1 unspecified atom stereocenters. The van der Waals surface area contributed by atoms with Crippen LogP contribution in [-0.4, -0.2) is 21.0 Å². The Labute approximate surface area is 94.5 Å². The number of hydrogen-bond acceptors (Lipinski definition) is 3. The third-order valence-corrected chi connectivity index (χ3v) is 3.36. The molecule has 15 heavy (non-hydrogen) atoms. The number of nitrogens with one attached hydrogen (secondary N) is 1. The lowest BCUT2D eigenvalue weighted by molar-refractivity contribution is 0.574. The molecule has 0 aliphatic heterocycles. The van der Waals surface area contributed by atoms with Crippen molar-refractivity contribution >= 4 is 21.6 Å². The Morgan fingerprint density at radius 1 is 1.53 bits per heavy atom.